The van der Waals surface area contributed by atoms with E-state index in [0.717, 1.165) is 12.0 Å². The van der Waals surface area contributed by atoms with Crippen molar-refractivity contribution in [2.24, 2.45) is 0 Å². The molecule has 1 atom stereocenters. The molecule has 0 radical (unpaired) electrons. The van der Waals surface area contributed by atoms with Crippen LogP contribution in [0.1, 0.15) is 36.6 Å². The van der Waals surface area contributed by atoms with Crippen molar-refractivity contribution in [2.75, 3.05) is 0 Å². The lowest BCUT2D eigenvalue weighted by molar-refractivity contribution is -0.137. The van der Waals surface area contributed by atoms with Crippen molar-refractivity contribution in [3.63, 3.8) is 0 Å². The van der Waals surface area contributed by atoms with Crippen LogP contribution in [-0.2, 0) is 17.8 Å². The Morgan fingerprint density at radius 3 is 2.79 bits per heavy atom. The Labute approximate surface area is 112 Å². The number of nitrogens with one attached hydrogen (secondary N) is 1. The number of aromatic hydroxyl groups is 1. The molecule has 0 saturated heterocycles. The van der Waals surface area contributed by atoms with E-state index in [-0.39, 0.29) is 25.1 Å². The molecule has 0 fully saturated rings. The maximum atomic E-state index is 10.4. The van der Waals surface area contributed by atoms with Crippen LogP contribution in [0.5, 0.6) is 5.75 Å². The van der Waals surface area contributed by atoms with E-state index in [2.05, 4.69) is 10.3 Å². The molecule has 0 aliphatic heterocycles. The molecule has 0 aliphatic rings. The van der Waals surface area contributed by atoms with Crippen LogP contribution in [0.4, 0.5) is 0 Å². The molecule has 0 aromatic carbocycles. The highest BCUT2D eigenvalue weighted by molar-refractivity contribution is 5.66. The van der Waals surface area contributed by atoms with Crippen LogP contribution in [0.2, 0.25) is 0 Å². The Hall–Kier alpha value is -1.66. The summed E-state index contributed by atoms with van der Waals surface area (Å²) in [5.74, 6) is -0.824. The zero-order valence-corrected chi connectivity index (χ0v) is 11.2. The van der Waals surface area contributed by atoms with Crippen LogP contribution >= 0.6 is 0 Å². The van der Waals surface area contributed by atoms with Crippen molar-refractivity contribution in [1.29, 1.82) is 0 Å². The van der Waals surface area contributed by atoms with E-state index in [1.807, 2.05) is 6.92 Å². The van der Waals surface area contributed by atoms with Gasteiger partial charge in [-0.1, -0.05) is 6.92 Å². The Kier molecular flexibility index (Phi) is 5.72. The average Bonchev–Trinajstić information content (AvgIpc) is 2.38. The molecule has 0 saturated carbocycles. The number of pyridine rings is 1. The number of carboxylic acids is 1. The van der Waals surface area contributed by atoms with Crippen molar-refractivity contribution in [1.82, 2.24) is 10.3 Å². The number of hydrogen-bond donors (Lipinski definition) is 4. The van der Waals surface area contributed by atoms with Gasteiger partial charge in [-0.05, 0) is 25.3 Å². The van der Waals surface area contributed by atoms with Crippen molar-refractivity contribution in [2.45, 2.75) is 45.9 Å². The highest BCUT2D eigenvalue weighted by atomic mass is 16.4. The summed E-state index contributed by atoms with van der Waals surface area (Å²) in [5, 5.41) is 30.9. The zero-order valence-electron chi connectivity index (χ0n) is 11.2. The van der Waals surface area contributed by atoms with Gasteiger partial charge in [-0.2, -0.15) is 0 Å². The van der Waals surface area contributed by atoms with Crippen LogP contribution < -0.4 is 5.32 Å². The number of rotatable bonds is 7. The van der Waals surface area contributed by atoms with Gasteiger partial charge in [-0.15, -0.1) is 0 Å². The highest BCUT2D eigenvalue weighted by Crippen LogP contribution is 2.24. The minimum absolute atomic E-state index is 0.101. The van der Waals surface area contributed by atoms with E-state index in [4.69, 9.17) is 5.11 Å². The second-order valence-corrected chi connectivity index (χ2v) is 4.38. The number of aliphatic hydroxyl groups is 1. The first-order chi connectivity index (χ1) is 8.95. The van der Waals surface area contributed by atoms with Crippen LogP contribution in [0.3, 0.4) is 0 Å². The minimum atomic E-state index is -0.947. The zero-order chi connectivity index (χ0) is 14.4. The van der Waals surface area contributed by atoms with Crippen molar-refractivity contribution in [3.8, 4) is 5.75 Å². The fourth-order valence-electron chi connectivity index (χ4n) is 1.77. The SMILES string of the molecule is CCc1cnc(C)c(O)c1CNC(O)CCC(=O)O. The van der Waals surface area contributed by atoms with Crippen molar-refractivity contribution < 1.29 is 20.1 Å². The molecule has 6 heteroatoms. The highest BCUT2D eigenvalue weighted by Gasteiger charge is 2.13. The summed E-state index contributed by atoms with van der Waals surface area (Å²) in [7, 11) is 0. The lowest BCUT2D eigenvalue weighted by Crippen LogP contribution is -2.29. The molecule has 106 valence electrons. The third-order valence-electron chi connectivity index (χ3n) is 2.96. The smallest absolute Gasteiger partial charge is 0.303 e. The molecule has 19 heavy (non-hydrogen) atoms. The summed E-state index contributed by atoms with van der Waals surface area (Å²) in [4.78, 5) is 14.5. The first-order valence-electron chi connectivity index (χ1n) is 6.25. The molecule has 0 bridgehead atoms. The molecule has 0 spiro atoms. The largest absolute Gasteiger partial charge is 0.506 e. The second kappa shape index (κ2) is 7.06. The van der Waals surface area contributed by atoms with Crippen molar-refractivity contribution >= 4 is 5.97 Å². The summed E-state index contributed by atoms with van der Waals surface area (Å²) in [6, 6.07) is 0. The van der Waals surface area contributed by atoms with Crippen LogP contribution in [-0.4, -0.2) is 32.5 Å². The average molecular weight is 268 g/mol. The van der Waals surface area contributed by atoms with E-state index >= 15 is 0 Å². The monoisotopic (exact) mass is 268 g/mol. The molecule has 1 aromatic rings. The molecule has 0 amide bonds. The van der Waals surface area contributed by atoms with Crippen LogP contribution in [0.25, 0.3) is 0 Å². The number of aliphatic carboxylic acids is 1. The van der Waals surface area contributed by atoms with Crippen LogP contribution in [0.15, 0.2) is 6.20 Å². The van der Waals surface area contributed by atoms with Gasteiger partial charge in [0.1, 0.15) is 12.0 Å². The van der Waals surface area contributed by atoms with Crippen molar-refractivity contribution in [3.05, 3.63) is 23.0 Å². The molecule has 1 rings (SSSR count). The predicted molar refractivity (Wildman–Crippen MR) is 69.7 cm³/mol. The summed E-state index contributed by atoms with van der Waals surface area (Å²) in [5.41, 5.74) is 2.14. The van der Waals surface area contributed by atoms with E-state index in [9.17, 15) is 15.0 Å². The number of nitrogens with zero attached hydrogens (tertiary/aromatic N) is 1. The standard InChI is InChI=1S/C13H20N2O4/c1-3-9-6-14-8(2)13(19)10(9)7-15-11(16)4-5-12(17)18/h6,11,15-16,19H,3-5,7H2,1-2H3,(H,17,18). The summed E-state index contributed by atoms with van der Waals surface area (Å²) >= 11 is 0. The number of carboxylic acid groups (broad SMARTS) is 1. The summed E-state index contributed by atoms with van der Waals surface area (Å²) in [6.45, 7) is 3.94. The van der Waals surface area contributed by atoms with Gasteiger partial charge < -0.3 is 15.3 Å². The van der Waals surface area contributed by atoms with E-state index in [1.165, 1.54) is 0 Å². The quantitative estimate of drug-likeness (QED) is 0.549. The molecular formula is C13H20N2O4. The third-order valence-corrected chi connectivity index (χ3v) is 2.96. The van der Waals surface area contributed by atoms with Gasteiger partial charge in [0.25, 0.3) is 0 Å². The van der Waals surface area contributed by atoms with E-state index in [0.29, 0.717) is 11.3 Å². The first-order valence-corrected chi connectivity index (χ1v) is 6.25. The minimum Gasteiger partial charge on any atom is -0.506 e. The number of aromatic nitrogens is 1. The maximum absolute atomic E-state index is 10.4. The van der Waals surface area contributed by atoms with Gasteiger partial charge in [0.05, 0.1) is 5.69 Å². The topological polar surface area (TPSA) is 103 Å². The Morgan fingerprint density at radius 1 is 1.53 bits per heavy atom. The molecule has 1 heterocycles. The fraction of sp³-hybridized carbons (Fsp3) is 0.538. The van der Waals surface area contributed by atoms with Gasteiger partial charge in [0.2, 0.25) is 0 Å². The molecule has 1 unspecified atom stereocenters. The molecule has 6 nitrogen and oxygen atoms in total. The van der Waals surface area contributed by atoms with Gasteiger partial charge in [-0.3, -0.25) is 15.1 Å². The van der Waals surface area contributed by atoms with Gasteiger partial charge in [0.15, 0.2) is 0 Å². The van der Waals surface area contributed by atoms with E-state index < -0.39 is 12.2 Å². The normalized spacial score (nSPS) is 12.4. The van der Waals surface area contributed by atoms with E-state index in [1.54, 1.807) is 13.1 Å². The van der Waals surface area contributed by atoms with Gasteiger partial charge in [-0.25, -0.2) is 0 Å². The summed E-state index contributed by atoms with van der Waals surface area (Å²) < 4.78 is 0. The second-order valence-electron chi connectivity index (χ2n) is 4.38. The molecule has 0 aliphatic carbocycles. The summed E-state index contributed by atoms with van der Waals surface area (Å²) in [6.07, 6.45) is 1.55. The number of carbonyl (C=O) groups is 1. The van der Waals surface area contributed by atoms with Crippen LogP contribution in [0, 0.1) is 6.92 Å². The predicted octanol–water partition coefficient (Wildman–Crippen LogP) is 0.931. The van der Waals surface area contributed by atoms with Gasteiger partial charge in [0, 0.05) is 24.7 Å². The number of hydrogen-bond acceptors (Lipinski definition) is 5. The third kappa shape index (κ3) is 4.50. The number of aliphatic hydroxyl groups excluding tert-OH is 1. The lowest BCUT2D eigenvalue weighted by Gasteiger charge is -2.15. The van der Waals surface area contributed by atoms with Gasteiger partial charge >= 0.3 is 5.97 Å². The maximum Gasteiger partial charge on any atom is 0.303 e. The first kappa shape index (κ1) is 15.4. The fourth-order valence-corrected chi connectivity index (χ4v) is 1.77. The lowest BCUT2D eigenvalue weighted by atomic mass is 10.1. The Balaban J connectivity index is 2.66. The number of aryl methyl sites for hydroxylation is 2. The molecular weight excluding hydrogens is 248 g/mol. The molecule has 4 N–H and O–H groups in total. The Morgan fingerprint density at radius 2 is 2.21 bits per heavy atom. The molecule has 1 aromatic heterocycles. The Bertz CT molecular complexity index is 449.